The van der Waals surface area contributed by atoms with Gasteiger partial charge in [0.25, 0.3) is 0 Å². The summed E-state index contributed by atoms with van der Waals surface area (Å²) in [5.41, 5.74) is 0.823. The number of likely N-dealkylation sites (tertiary alicyclic amines) is 1. The molecule has 2 saturated heterocycles. The third-order valence-corrected chi connectivity index (χ3v) is 6.39. The summed E-state index contributed by atoms with van der Waals surface area (Å²) in [4.78, 5) is 37.8. The van der Waals surface area contributed by atoms with E-state index in [1.807, 2.05) is 0 Å². The summed E-state index contributed by atoms with van der Waals surface area (Å²) < 4.78 is 0. The van der Waals surface area contributed by atoms with E-state index in [9.17, 15) is 24.6 Å². The quantitative estimate of drug-likeness (QED) is 0.490. The van der Waals surface area contributed by atoms with Crippen LogP contribution in [0.4, 0.5) is 0 Å². The van der Waals surface area contributed by atoms with Crippen LogP contribution in [-0.4, -0.2) is 75.8 Å². The van der Waals surface area contributed by atoms with Crippen molar-refractivity contribution < 1.29 is 24.6 Å². The maximum absolute atomic E-state index is 12.9. The Hall–Kier alpha value is -1.81. The highest BCUT2D eigenvalue weighted by Crippen LogP contribution is 2.26. The number of hydrogen-bond donors (Lipinski definition) is 4. The summed E-state index contributed by atoms with van der Waals surface area (Å²) in [6.45, 7) is 0.238. The summed E-state index contributed by atoms with van der Waals surface area (Å²) in [7, 11) is 0. The molecular weight excluding hydrogens is 418 g/mol. The molecule has 2 amide bonds. The Morgan fingerprint density at radius 2 is 2.03 bits per heavy atom. The molecule has 1 aromatic carbocycles. The van der Waals surface area contributed by atoms with Gasteiger partial charge in [-0.25, -0.2) is 4.79 Å². The van der Waals surface area contributed by atoms with Crippen LogP contribution in [0.1, 0.15) is 24.3 Å². The van der Waals surface area contributed by atoms with Crippen molar-refractivity contribution in [3.8, 4) is 0 Å². The fourth-order valence-electron chi connectivity index (χ4n) is 3.60. The second-order valence-corrected chi connectivity index (χ2v) is 8.73. The van der Waals surface area contributed by atoms with Gasteiger partial charge in [0.05, 0.1) is 12.1 Å². The number of β-amino-alcohol motifs (C(OH)–C–C–N with tert-alkyl or cyclic N) is 1. The van der Waals surface area contributed by atoms with Crippen LogP contribution in [0.15, 0.2) is 24.3 Å². The Bertz CT molecular complexity index is 757. The second kappa shape index (κ2) is 9.80. The topological polar surface area (TPSA) is 119 Å². The largest absolute Gasteiger partial charge is 0.480 e. The number of hydrogen-bond acceptors (Lipinski definition) is 6. The van der Waals surface area contributed by atoms with E-state index in [0.717, 1.165) is 11.4 Å². The van der Waals surface area contributed by atoms with E-state index in [0.29, 0.717) is 10.8 Å². The molecule has 10 heteroatoms. The fraction of sp³-hybridized carbons (Fsp3) is 0.526. The number of thioether (sulfide) groups is 1. The molecule has 0 aliphatic carbocycles. The summed E-state index contributed by atoms with van der Waals surface area (Å²) in [5, 5.41) is 25.7. The highest BCUT2D eigenvalue weighted by atomic mass is 35.5. The van der Waals surface area contributed by atoms with Crippen LogP contribution in [-0.2, 0) is 14.4 Å². The van der Waals surface area contributed by atoms with Gasteiger partial charge in [0, 0.05) is 48.5 Å². The monoisotopic (exact) mass is 441 g/mol. The van der Waals surface area contributed by atoms with Crippen molar-refractivity contribution in [2.45, 2.75) is 36.9 Å². The number of aliphatic carboxylic acids is 1. The Labute approximate surface area is 178 Å². The number of halogens is 1. The van der Waals surface area contributed by atoms with Gasteiger partial charge in [0.2, 0.25) is 11.8 Å². The number of benzene rings is 1. The van der Waals surface area contributed by atoms with Crippen LogP contribution in [0.3, 0.4) is 0 Å². The zero-order valence-corrected chi connectivity index (χ0v) is 17.3. The number of carboxylic acids is 1. The van der Waals surface area contributed by atoms with E-state index in [1.165, 1.54) is 4.90 Å². The number of carbonyl (C=O) groups excluding carboxylic acids is 2. The molecule has 2 aliphatic heterocycles. The lowest BCUT2D eigenvalue weighted by Crippen LogP contribution is -2.44. The van der Waals surface area contributed by atoms with Gasteiger partial charge in [-0.15, -0.1) is 11.8 Å². The summed E-state index contributed by atoms with van der Waals surface area (Å²) in [6, 6.07) is 5.73. The minimum absolute atomic E-state index is 0.00128. The molecule has 0 aromatic heterocycles. The van der Waals surface area contributed by atoms with Crippen molar-refractivity contribution in [3.63, 3.8) is 0 Å². The normalized spacial score (nSPS) is 25.0. The van der Waals surface area contributed by atoms with Crippen LogP contribution in [0.25, 0.3) is 0 Å². The molecule has 1 aromatic rings. The standard InChI is InChI=1S/C19H24ClN3O5S/c20-13-3-1-11(2-4-13)12(7-21-18(26)15-9-29-10-22-15)5-17(25)23-8-14(24)6-16(23)19(27)28/h1-4,12,14-16,22,24H,5-10H2,(H,21,26)(H,27,28)/t12?,14?,15-,16-/m0/s1. The molecule has 4 atom stereocenters. The first-order valence-electron chi connectivity index (χ1n) is 9.39. The first-order chi connectivity index (χ1) is 13.8. The van der Waals surface area contributed by atoms with Gasteiger partial charge in [-0.05, 0) is 17.7 Å². The second-order valence-electron chi connectivity index (χ2n) is 7.26. The third-order valence-electron chi connectivity index (χ3n) is 5.20. The van der Waals surface area contributed by atoms with Gasteiger partial charge in [-0.3, -0.25) is 14.9 Å². The first kappa shape index (κ1) is 21.9. The molecule has 8 nitrogen and oxygen atoms in total. The molecule has 0 spiro atoms. The van der Waals surface area contributed by atoms with E-state index in [-0.39, 0.29) is 49.7 Å². The van der Waals surface area contributed by atoms with Crippen molar-refractivity contribution in [2.75, 3.05) is 24.7 Å². The highest BCUT2D eigenvalue weighted by Gasteiger charge is 2.39. The molecule has 4 N–H and O–H groups in total. The molecule has 2 fully saturated rings. The summed E-state index contributed by atoms with van der Waals surface area (Å²) in [6.07, 6.45) is -0.806. The van der Waals surface area contributed by atoms with E-state index in [4.69, 9.17) is 11.6 Å². The molecule has 158 valence electrons. The number of carboxylic acid groups (broad SMARTS) is 1. The number of carbonyl (C=O) groups is 3. The van der Waals surface area contributed by atoms with E-state index in [1.54, 1.807) is 36.0 Å². The van der Waals surface area contributed by atoms with Gasteiger partial charge >= 0.3 is 5.97 Å². The maximum Gasteiger partial charge on any atom is 0.326 e. The van der Waals surface area contributed by atoms with E-state index < -0.39 is 18.1 Å². The predicted molar refractivity (Wildman–Crippen MR) is 110 cm³/mol. The van der Waals surface area contributed by atoms with Crippen molar-refractivity contribution in [1.82, 2.24) is 15.5 Å². The Morgan fingerprint density at radius 3 is 2.66 bits per heavy atom. The van der Waals surface area contributed by atoms with Crippen molar-refractivity contribution in [1.29, 1.82) is 0 Å². The van der Waals surface area contributed by atoms with Gasteiger partial charge in [0.1, 0.15) is 6.04 Å². The highest BCUT2D eigenvalue weighted by molar-refractivity contribution is 7.99. The van der Waals surface area contributed by atoms with Gasteiger partial charge in [0.15, 0.2) is 0 Å². The van der Waals surface area contributed by atoms with E-state index >= 15 is 0 Å². The van der Waals surface area contributed by atoms with Crippen molar-refractivity contribution in [3.05, 3.63) is 34.9 Å². The van der Waals surface area contributed by atoms with E-state index in [2.05, 4.69) is 10.6 Å². The lowest BCUT2D eigenvalue weighted by molar-refractivity contribution is -0.148. The molecule has 2 unspecified atom stereocenters. The van der Waals surface area contributed by atoms with Crippen molar-refractivity contribution >= 4 is 41.1 Å². The van der Waals surface area contributed by atoms with Crippen LogP contribution in [0.5, 0.6) is 0 Å². The minimum atomic E-state index is -1.13. The molecular formula is C19H24ClN3O5S. The van der Waals surface area contributed by atoms with Crippen molar-refractivity contribution in [2.24, 2.45) is 0 Å². The number of rotatable bonds is 7. The predicted octanol–water partition coefficient (Wildman–Crippen LogP) is 0.639. The molecule has 3 rings (SSSR count). The van der Waals surface area contributed by atoms with Gasteiger partial charge in [-0.2, -0.15) is 0 Å². The number of nitrogens with one attached hydrogen (secondary N) is 2. The number of nitrogens with zero attached hydrogens (tertiary/aromatic N) is 1. The van der Waals surface area contributed by atoms with Crippen LogP contribution in [0, 0.1) is 0 Å². The Morgan fingerprint density at radius 1 is 1.31 bits per heavy atom. The summed E-state index contributed by atoms with van der Waals surface area (Å²) in [5.74, 6) is -0.534. The lowest BCUT2D eigenvalue weighted by atomic mass is 9.94. The Kier molecular flexibility index (Phi) is 7.39. The summed E-state index contributed by atoms with van der Waals surface area (Å²) >= 11 is 7.61. The zero-order chi connectivity index (χ0) is 21.0. The molecule has 0 saturated carbocycles. The lowest BCUT2D eigenvalue weighted by Gasteiger charge is -2.25. The number of aliphatic hydroxyl groups is 1. The molecule has 2 heterocycles. The minimum Gasteiger partial charge on any atom is -0.480 e. The van der Waals surface area contributed by atoms with Gasteiger partial charge < -0.3 is 20.4 Å². The molecule has 0 bridgehead atoms. The third kappa shape index (κ3) is 5.63. The Balaban J connectivity index is 1.70. The van der Waals surface area contributed by atoms with Gasteiger partial charge in [-0.1, -0.05) is 23.7 Å². The molecule has 29 heavy (non-hydrogen) atoms. The SMILES string of the molecule is O=C(NCC(CC(=O)N1CC(O)C[C@H]1C(=O)O)c1ccc(Cl)cc1)[C@@H]1CSCN1. The zero-order valence-electron chi connectivity index (χ0n) is 15.7. The van der Waals surface area contributed by atoms with Crippen LogP contribution in [0.2, 0.25) is 5.02 Å². The maximum atomic E-state index is 12.9. The smallest absolute Gasteiger partial charge is 0.326 e. The number of amides is 2. The first-order valence-corrected chi connectivity index (χ1v) is 10.9. The average molecular weight is 442 g/mol. The van der Waals surface area contributed by atoms with Crippen LogP contribution < -0.4 is 10.6 Å². The molecule has 0 radical (unpaired) electrons. The van der Waals surface area contributed by atoms with Crippen LogP contribution >= 0.6 is 23.4 Å². The fourth-order valence-corrected chi connectivity index (χ4v) is 4.67. The average Bonchev–Trinajstić information content (AvgIpc) is 3.35. The molecule has 2 aliphatic rings. The number of aliphatic hydroxyl groups excluding tert-OH is 1.